The number of nitrogens with zero attached hydrogens (tertiary/aromatic N) is 2. The van der Waals surface area contributed by atoms with E-state index in [1.54, 1.807) is 24.3 Å². The first-order valence-electron chi connectivity index (χ1n) is 8.31. The van der Waals surface area contributed by atoms with Gasteiger partial charge in [0, 0.05) is 28.8 Å². The molecule has 0 spiro atoms. The van der Waals surface area contributed by atoms with Gasteiger partial charge in [-0.1, -0.05) is 17.7 Å². The van der Waals surface area contributed by atoms with Gasteiger partial charge in [0.15, 0.2) is 0 Å². The minimum Gasteiger partial charge on any atom is -0.465 e. The molecule has 1 aromatic heterocycles. The zero-order valence-electron chi connectivity index (χ0n) is 15.2. The molecule has 3 aromatic rings. The highest BCUT2D eigenvalue weighted by molar-refractivity contribution is 6.30. The van der Waals surface area contributed by atoms with E-state index >= 15 is 0 Å². The van der Waals surface area contributed by atoms with Crippen LogP contribution in [0.3, 0.4) is 0 Å². The average molecular weight is 397 g/mol. The van der Waals surface area contributed by atoms with Crippen molar-refractivity contribution in [2.45, 2.75) is 6.92 Å². The second-order valence-corrected chi connectivity index (χ2v) is 6.34. The van der Waals surface area contributed by atoms with Gasteiger partial charge in [0.25, 0.3) is 5.91 Å². The van der Waals surface area contributed by atoms with E-state index < -0.39 is 11.9 Å². The van der Waals surface area contributed by atoms with Crippen molar-refractivity contribution in [1.29, 1.82) is 0 Å². The molecular weight excluding hydrogens is 380 g/mol. The van der Waals surface area contributed by atoms with Gasteiger partial charge in [-0.3, -0.25) is 4.79 Å². The number of esters is 1. The van der Waals surface area contributed by atoms with E-state index in [0.29, 0.717) is 22.2 Å². The van der Waals surface area contributed by atoms with Gasteiger partial charge in [-0.25, -0.2) is 14.8 Å². The summed E-state index contributed by atoms with van der Waals surface area (Å²) in [6.45, 7) is 1.92. The fourth-order valence-corrected chi connectivity index (χ4v) is 2.67. The van der Waals surface area contributed by atoms with Crippen molar-refractivity contribution < 1.29 is 14.3 Å². The topological polar surface area (TPSA) is 93.2 Å². The Morgan fingerprint density at radius 3 is 2.46 bits per heavy atom. The number of ether oxygens (including phenoxy) is 1. The molecular formula is C20H17ClN4O3. The van der Waals surface area contributed by atoms with Crippen molar-refractivity contribution in [3.05, 3.63) is 76.6 Å². The van der Waals surface area contributed by atoms with Crippen LogP contribution in [-0.2, 0) is 4.74 Å². The summed E-state index contributed by atoms with van der Waals surface area (Å²) in [5.41, 5.74) is 2.85. The molecule has 0 aliphatic carbocycles. The summed E-state index contributed by atoms with van der Waals surface area (Å²) < 4.78 is 4.67. The third kappa shape index (κ3) is 4.63. The summed E-state index contributed by atoms with van der Waals surface area (Å²) in [6.07, 6.45) is 2.83. The minimum atomic E-state index is -0.479. The lowest BCUT2D eigenvalue weighted by Crippen LogP contribution is -2.13. The molecule has 1 amide bonds. The van der Waals surface area contributed by atoms with Gasteiger partial charge in [-0.15, -0.1) is 0 Å². The van der Waals surface area contributed by atoms with Crippen molar-refractivity contribution in [1.82, 2.24) is 9.97 Å². The smallest absolute Gasteiger partial charge is 0.337 e. The zero-order chi connectivity index (χ0) is 20.1. The number of carbonyl (C=O) groups excluding carboxylic acids is 2. The van der Waals surface area contributed by atoms with E-state index in [2.05, 4.69) is 25.3 Å². The number of carbonyl (C=O) groups is 2. The van der Waals surface area contributed by atoms with Crippen LogP contribution in [0.4, 0.5) is 17.3 Å². The summed E-state index contributed by atoms with van der Waals surface area (Å²) >= 11 is 5.95. The van der Waals surface area contributed by atoms with Crippen molar-refractivity contribution in [3.63, 3.8) is 0 Å². The van der Waals surface area contributed by atoms with Gasteiger partial charge in [0.1, 0.15) is 0 Å². The summed E-state index contributed by atoms with van der Waals surface area (Å²) in [5, 5.41) is 6.42. The van der Waals surface area contributed by atoms with E-state index in [0.717, 1.165) is 11.3 Å². The molecule has 28 heavy (non-hydrogen) atoms. The normalized spacial score (nSPS) is 10.2. The average Bonchev–Trinajstić information content (AvgIpc) is 2.70. The number of aromatic nitrogens is 2. The summed E-state index contributed by atoms with van der Waals surface area (Å²) in [7, 11) is 1.30. The molecule has 0 saturated carbocycles. The quantitative estimate of drug-likeness (QED) is 0.627. The molecule has 0 atom stereocenters. The van der Waals surface area contributed by atoms with Crippen molar-refractivity contribution >= 4 is 40.8 Å². The minimum absolute atomic E-state index is 0.279. The summed E-state index contributed by atoms with van der Waals surface area (Å²) in [5.74, 6) is -0.516. The standard InChI is InChI=1S/C20H17ClN4O3/c1-12-8-15(21)6-7-17(12)25-20-22-10-14(11-23-20)18(26)24-16-5-3-4-13(9-16)19(27)28-2/h3-11H,1-2H3,(H,24,26)(H,22,23,25). The fourth-order valence-electron chi connectivity index (χ4n) is 2.44. The van der Waals surface area contributed by atoms with Crippen LogP contribution >= 0.6 is 11.6 Å². The van der Waals surface area contributed by atoms with Crippen molar-refractivity contribution in [2.24, 2.45) is 0 Å². The van der Waals surface area contributed by atoms with E-state index in [1.165, 1.54) is 25.6 Å². The number of amides is 1. The largest absolute Gasteiger partial charge is 0.465 e. The maximum absolute atomic E-state index is 12.4. The number of halogens is 1. The lowest BCUT2D eigenvalue weighted by atomic mass is 10.2. The molecule has 0 aliphatic heterocycles. The molecule has 0 radical (unpaired) electrons. The molecule has 142 valence electrons. The number of methoxy groups -OCH3 is 1. The van der Waals surface area contributed by atoms with Gasteiger partial charge in [0.05, 0.1) is 18.2 Å². The lowest BCUT2D eigenvalue weighted by molar-refractivity contribution is 0.0600. The predicted octanol–water partition coefficient (Wildman–Crippen LogP) is 4.22. The van der Waals surface area contributed by atoms with E-state index in [-0.39, 0.29) is 5.56 Å². The number of benzene rings is 2. The number of anilines is 3. The molecule has 0 saturated heterocycles. The molecule has 0 fully saturated rings. The second-order valence-electron chi connectivity index (χ2n) is 5.91. The Morgan fingerprint density at radius 1 is 1.04 bits per heavy atom. The van der Waals surface area contributed by atoms with Crippen LogP contribution in [0.5, 0.6) is 0 Å². The number of hydrogen-bond acceptors (Lipinski definition) is 6. The number of aryl methyl sites for hydroxylation is 1. The Kier molecular flexibility index (Phi) is 5.86. The Labute approximate surface area is 166 Å². The third-order valence-electron chi connectivity index (χ3n) is 3.89. The maximum atomic E-state index is 12.4. The first-order valence-corrected chi connectivity index (χ1v) is 8.69. The van der Waals surface area contributed by atoms with Gasteiger partial charge < -0.3 is 15.4 Å². The number of rotatable bonds is 5. The Balaban J connectivity index is 1.69. The third-order valence-corrected chi connectivity index (χ3v) is 4.13. The first-order chi connectivity index (χ1) is 13.5. The zero-order valence-corrected chi connectivity index (χ0v) is 15.9. The molecule has 0 unspecified atom stereocenters. The van der Waals surface area contributed by atoms with E-state index in [9.17, 15) is 9.59 Å². The van der Waals surface area contributed by atoms with Crippen LogP contribution in [0.1, 0.15) is 26.3 Å². The first kappa shape index (κ1) is 19.3. The van der Waals surface area contributed by atoms with Gasteiger partial charge in [0.2, 0.25) is 5.95 Å². The number of nitrogens with one attached hydrogen (secondary N) is 2. The highest BCUT2D eigenvalue weighted by Crippen LogP contribution is 2.22. The van der Waals surface area contributed by atoms with Crippen LogP contribution in [0.25, 0.3) is 0 Å². The van der Waals surface area contributed by atoms with Crippen LogP contribution < -0.4 is 10.6 Å². The Morgan fingerprint density at radius 2 is 1.79 bits per heavy atom. The monoisotopic (exact) mass is 396 g/mol. The predicted molar refractivity (Wildman–Crippen MR) is 107 cm³/mol. The van der Waals surface area contributed by atoms with Crippen molar-refractivity contribution in [2.75, 3.05) is 17.7 Å². The van der Waals surface area contributed by atoms with Gasteiger partial charge in [-0.05, 0) is 48.9 Å². The molecule has 3 rings (SSSR count). The van der Waals surface area contributed by atoms with Gasteiger partial charge in [-0.2, -0.15) is 0 Å². The highest BCUT2D eigenvalue weighted by Gasteiger charge is 2.11. The highest BCUT2D eigenvalue weighted by atomic mass is 35.5. The number of hydrogen-bond donors (Lipinski definition) is 2. The maximum Gasteiger partial charge on any atom is 0.337 e. The molecule has 8 heteroatoms. The van der Waals surface area contributed by atoms with Crippen molar-refractivity contribution in [3.8, 4) is 0 Å². The van der Waals surface area contributed by atoms with Crippen LogP contribution in [0.2, 0.25) is 5.02 Å². The lowest BCUT2D eigenvalue weighted by Gasteiger charge is -2.09. The molecule has 2 aromatic carbocycles. The van der Waals surface area contributed by atoms with Crippen LogP contribution in [0, 0.1) is 6.92 Å². The van der Waals surface area contributed by atoms with E-state index in [4.69, 9.17) is 11.6 Å². The Bertz CT molecular complexity index is 1020. The van der Waals surface area contributed by atoms with E-state index in [1.807, 2.05) is 19.1 Å². The Hall–Kier alpha value is -3.45. The van der Waals surface area contributed by atoms with Gasteiger partial charge >= 0.3 is 5.97 Å². The SMILES string of the molecule is COC(=O)c1cccc(NC(=O)c2cnc(Nc3ccc(Cl)cc3C)nc2)c1. The molecule has 0 aliphatic rings. The molecule has 1 heterocycles. The molecule has 0 bridgehead atoms. The van der Waals surface area contributed by atoms with Crippen LogP contribution in [0.15, 0.2) is 54.9 Å². The molecule has 7 nitrogen and oxygen atoms in total. The molecule has 2 N–H and O–H groups in total. The summed E-state index contributed by atoms with van der Waals surface area (Å²) in [6, 6.07) is 11.9. The van der Waals surface area contributed by atoms with Crippen LogP contribution in [-0.4, -0.2) is 29.0 Å². The second kappa shape index (κ2) is 8.49. The fraction of sp³-hybridized carbons (Fsp3) is 0.100. The summed E-state index contributed by atoms with van der Waals surface area (Å²) in [4.78, 5) is 32.3.